The molecule has 0 bridgehead atoms. The molecule has 0 aliphatic heterocycles. The first kappa shape index (κ1) is 13.2. The summed E-state index contributed by atoms with van der Waals surface area (Å²) in [7, 11) is -3.10. The predicted molar refractivity (Wildman–Crippen MR) is 67.0 cm³/mol. The Kier molecular flexibility index (Phi) is 4.10. The van der Waals surface area contributed by atoms with Crippen molar-refractivity contribution in [2.45, 2.75) is 31.6 Å². The van der Waals surface area contributed by atoms with Crippen molar-refractivity contribution in [2.75, 3.05) is 6.26 Å². The molecule has 90 valence electrons. The average Bonchev–Trinajstić information content (AvgIpc) is 2.17. The van der Waals surface area contributed by atoms with Crippen molar-refractivity contribution in [3.05, 3.63) is 35.4 Å². The summed E-state index contributed by atoms with van der Waals surface area (Å²) in [6.07, 6.45) is 1.78. The van der Waals surface area contributed by atoms with Gasteiger partial charge in [0.15, 0.2) is 9.84 Å². The zero-order chi connectivity index (χ0) is 12.3. The first-order valence-electron chi connectivity index (χ1n) is 5.37. The quantitative estimate of drug-likeness (QED) is 0.874. The van der Waals surface area contributed by atoms with E-state index in [1.165, 1.54) is 6.26 Å². The van der Waals surface area contributed by atoms with E-state index in [4.69, 9.17) is 5.73 Å². The number of hydrogen-bond donors (Lipinski definition) is 1. The van der Waals surface area contributed by atoms with Gasteiger partial charge in [0.1, 0.15) is 0 Å². The summed E-state index contributed by atoms with van der Waals surface area (Å²) in [4.78, 5) is 0. The zero-order valence-corrected chi connectivity index (χ0v) is 10.8. The normalized spacial score (nSPS) is 15.8. The van der Waals surface area contributed by atoms with Crippen LogP contribution >= 0.6 is 0 Å². The van der Waals surface area contributed by atoms with Gasteiger partial charge in [0.2, 0.25) is 0 Å². The minimum atomic E-state index is -3.10. The van der Waals surface area contributed by atoms with E-state index in [2.05, 4.69) is 0 Å². The summed E-state index contributed by atoms with van der Waals surface area (Å²) in [5, 5.41) is -0.504. The lowest BCUT2D eigenvalue weighted by atomic mass is 10.0. The number of sulfone groups is 1. The lowest BCUT2D eigenvalue weighted by molar-refractivity contribution is 0.553. The minimum Gasteiger partial charge on any atom is -0.323 e. The molecule has 0 fully saturated rings. The zero-order valence-electron chi connectivity index (χ0n) is 9.97. The van der Waals surface area contributed by atoms with Crippen molar-refractivity contribution in [3.63, 3.8) is 0 Å². The van der Waals surface area contributed by atoms with Gasteiger partial charge in [0, 0.05) is 12.3 Å². The molecule has 16 heavy (non-hydrogen) atoms. The second-order valence-corrected chi connectivity index (χ2v) is 6.48. The first-order valence-corrected chi connectivity index (χ1v) is 7.32. The molecule has 0 saturated carbocycles. The second-order valence-electron chi connectivity index (χ2n) is 4.21. The molecule has 0 saturated heterocycles. The molecule has 0 aliphatic rings. The van der Waals surface area contributed by atoms with E-state index in [-0.39, 0.29) is 0 Å². The van der Waals surface area contributed by atoms with Gasteiger partial charge in [-0.1, -0.05) is 36.8 Å². The standard InChI is InChI=1S/C12H19NO2S/c1-4-11(16(3,14)15)12(13)10-7-5-9(2)6-8-10/h5-8,11-12H,4,13H2,1-3H3. The Balaban J connectivity index is 3.00. The van der Waals surface area contributed by atoms with E-state index >= 15 is 0 Å². The number of rotatable bonds is 4. The molecule has 0 aliphatic carbocycles. The summed E-state index contributed by atoms with van der Waals surface area (Å²) >= 11 is 0. The maximum atomic E-state index is 11.6. The van der Waals surface area contributed by atoms with Gasteiger partial charge in [0.05, 0.1) is 5.25 Å². The monoisotopic (exact) mass is 241 g/mol. The molecule has 2 N–H and O–H groups in total. The highest BCUT2D eigenvalue weighted by molar-refractivity contribution is 7.91. The van der Waals surface area contributed by atoms with Crippen LogP contribution in [0, 0.1) is 6.92 Å². The van der Waals surface area contributed by atoms with Crippen LogP contribution in [0.3, 0.4) is 0 Å². The van der Waals surface area contributed by atoms with Crippen LogP contribution < -0.4 is 5.73 Å². The Morgan fingerprint density at radius 1 is 1.25 bits per heavy atom. The molecule has 4 heteroatoms. The molecule has 0 heterocycles. The number of benzene rings is 1. The summed E-state index contributed by atoms with van der Waals surface area (Å²) in [6.45, 7) is 3.84. The lowest BCUT2D eigenvalue weighted by Gasteiger charge is -2.21. The van der Waals surface area contributed by atoms with E-state index in [1.54, 1.807) is 0 Å². The molecule has 1 aromatic carbocycles. The topological polar surface area (TPSA) is 60.2 Å². The maximum absolute atomic E-state index is 11.6. The van der Waals surface area contributed by atoms with Crippen molar-refractivity contribution < 1.29 is 8.42 Å². The summed E-state index contributed by atoms with van der Waals surface area (Å²) in [6, 6.07) is 7.25. The third kappa shape index (κ3) is 3.06. The molecule has 1 rings (SSSR count). The smallest absolute Gasteiger partial charge is 0.152 e. The van der Waals surface area contributed by atoms with Gasteiger partial charge in [0.25, 0.3) is 0 Å². The largest absolute Gasteiger partial charge is 0.323 e. The lowest BCUT2D eigenvalue weighted by Crippen LogP contribution is -2.32. The molecule has 0 radical (unpaired) electrons. The van der Waals surface area contributed by atoms with Crippen LogP contribution in [0.1, 0.15) is 30.5 Å². The number of hydrogen-bond acceptors (Lipinski definition) is 3. The van der Waals surface area contributed by atoms with Gasteiger partial charge in [-0.25, -0.2) is 8.42 Å². The number of nitrogens with two attached hydrogens (primary N) is 1. The van der Waals surface area contributed by atoms with E-state index in [0.717, 1.165) is 11.1 Å². The molecule has 3 nitrogen and oxygen atoms in total. The van der Waals surface area contributed by atoms with Crippen LogP contribution in [0.25, 0.3) is 0 Å². The Bertz CT molecular complexity index is 437. The Morgan fingerprint density at radius 3 is 2.12 bits per heavy atom. The molecule has 2 atom stereocenters. The number of aryl methyl sites for hydroxylation is 1. The fraction of sp³-hybridized carbons (Fsp3) is 0.500. The third-order valence-electron chi connectivity index (χ3n) is 2.82. The summed E-state index contributed by atoms with van der Waals surface area (Å²) in [5.74, 6) is 0. The van der Waals surface area contributed by atoms with Crippen LogP contribution in [0.15, 0.2) is 24.3 Å². The van der Waals surface area contributed by atoms with Gasteiger partial charge in [-0.3, -0.25) is 0 Å². The SMILES string of the molecule is CCC(C(N)c1ccc(C)cc1)S(C)(=O)=O. The van der Waals surface area contributed by atoms with Crippen molar-refractivity contribution in [1.29, 1.82) is 0 Å². The van der Waals surface area contributed by atoms with Crippen molar-refractivity contribution in [1.82, 2.24) is 0 Å². The van der Waals surface area contributed by atoms with Crippen molar-refractivity contribution >= 4 is 9.84 Å². The molecule has 0 aromatic heterocycles. The fourth-order valence-corrected chi connectivity index (χ4v) is 3.12. The summed E-state index contributed by atoms with van der Waals surface area (Å²) < 4.78 is 23.1. The van der Waals surface area contributed by atoms with Crippen LogP contribution in [0.4, 0.5) is 0 Å². The molecular weight excluding hydrogens is 222 g/mol. The Morgan fingerprint density at radius 2 is 1.75 bits per heavy atom. The second kappa shape index (κ2) is 4.97. The molecule has 1 aromatic rings. The van der Waals surface area contributed by atoms with Gasteiger partial charge in [-0.2, -0.15) is 0 Å². The highest BCUT2D eigenvalue weighted by atomic mass is 32.2. The highest BCUT2D eigenvalue weighted by Gasteiger charge is 2.26. The van der Waals surface area contributed by atoms with Gasteiger partial charge in [-0.15, -0.1) is 0 Å². The molecule has 0 spiro atoms. The summed E-state index contributed by atoms with van der Waals surface area (Å²) in [5.41, 5.74) is 8.03. The van der Waals surface area contributed by atoms with Crippen molar-refractivity contribution in [3.8, 4) is 0 Å². The minimum absolute atomic E-state index is 0.444. The molecule has 2 unspecified atom stereocenters. The van der Waals surface area contributed by atoms with Gasteiger partial charge in [-0.05, 0) is 18.9 Å². The first-order chi connectivity index (χ1) is 7.36. The van der Waals surface area contributed by atoms with Gasteiger partial charge < -0.3 is 5.73 Å². The van der Waals surface area contributed by atoms with E-state index < -0.39 is 21.1 Å². The predicted octanol–water partition coefficient (Wildman–Crippen LogP) is 1.82. The Labute approximate surface area is 97.6 Å². The Hall–Kier alpha value is -0.870. The van der Waals surface area contributed by atoms with E-state index in [9.17, 15) is 8.42 Å². The molecule has 0 amide bonds. The van der Waals surface area contributed by atoms with E-state index in [0.29, 0.717) is 6.42 Å². The van der Waals surface area contributed by atoms with Crippen LogP contribution in [-0.4, -0.2) is 19.9 Å². The van der Waals surface area contributed by atoms with Crippen LogP contribution in [0.2, 0.25) is 0 Å². The molecular formula is C12H19NO2S. The van der Waals surface area contributed by atoms with Gasteiger partial charge >= 0.3 is 0 Å². The third-order valence-corrected chi connectivity index (χ3v) is 4.54. The van der Waals surface area contributed by atoms with Crippen LogP contribution in [0.5, 0.6) is 0 Å². The fourth-order valence-electron chi connectivity index (χ4n) is 1.83. The maximum Gasteiger partial charge on any atom is 0.152 e. The van der Waals surface area contributed by atoms with Crippen LogP contribution in [-0.2, 0) is 9.84 Å². The van der Waals surface area contributed by atoms with Crippen molar-refractivity contribution in [2.24, 2.45) is 5.73 Å². The highest BCUT2D eigenvalue weighted by Crippen LogP contribution is 2.22. The average molecular weight is 241 g/mol. The van der Waals surface area contributed by atoms with E-state index in [1.807, 2.05) is 38.1 Å².